The lowest BCUT2D eigenvalue weighted by atomic mass is 10.2. The van der Waals surface area contributed by atoms with Crippen molar-refractivity contribution in [2.24, 2.45) is 0 Å². The van der Waals surface area contributed by atoms with Gasteiger partial charge in [-0.2, -0.15) is 0 Å². The fourth-order valence-corrected chi connectivity index (χ4v) is 2.22. The molecule has 3 rings (SSSR count). The molecule has 1 aliphatic carbocycles. The van der Waals surface area contributed by atoms with E-state index in [0.717, 1.165) is 35.4 Å². The van der Waals surface area contributed by atoms with E-state index in [4.69, 9.17) is 4.98 Å². The molecule has 0 unspecified atom stereocenters. The van der Waals surface area contributed by atoms with E-state index < -0.39 is 0 Å². The Labute approximate surface area is 113 Å². The van der Waals surface area contributed by atoms with E-state index in [0.29, 0.717) is 5.92 Å². The van der Waals surface area contributed by atoms with Gasteiger partial charge in [0.25, 0.3) is 0 Å². The van der Waals surface area contributed by atoms with Crippen molar-refractivity contribution in [2.75, 3.05) is 11.9 Å². The first kappa shape index (κ1) is 12.1. The Morgan fingerprint density at radius 1 is 1.32 bits per heavy atom. The Kier molecular flexibility index (Phi) is 2.97. The van der Waals surface area contributed by atoms with Crippen LogP contribution >= 0.6 is 0 Å². The predicted octanol–water partition coefficient (Wildman–Crippen LogP) is 2.59. The zero-order valence-corrected chi connectivity index (χ0v) is 11.6. The van der Waals surface area contributed by atoms with Crippen molar-refractivity contribution in [1.29, 1.82) is 0 Å². The van der Waals surface area contributed by atoms with E-state index in [9.17, 15) is 0 Å². The van der Waals surface area contributed by atoms with E-state index >= 15 is 0 Å². The van der Waals surface area contributed by atoms with Crippen molar-refractivity contribution in [2.45, 2.75) is 39.5 Å². The van der Waals surface area contributed by atoms with Crippen molar-refractivity contribution < 1.29 is 0 Å². The smallest absolute Gasteiger partial charge is 0.146 e. The van der Waals surface area contributed by atoms with Crippen molar-refractivity contribution in [3.8, 4) is 5.82 Å². The monoisotopic (exact) mass is 257 g/mol. The number of nitrogens with zero attached hydrogens (tertiary/aromatic N) is 4. The summed E-state index contributed by atoms with van der Waals surface area (Å²) in [4.78, 5) is 13.7. The summed E-state index contributed by atoms with van der Waals surface area (Å²) in [6.45, 7) is 7.00. The summed E-state index contributed by atoms with van der Waals surface area (Å²) in [5.41, 5.74) is 1.08. The van der Waals surface area contributed by atoms with E-state index in [1.807, 2.05) is 17.7 Å². The number of rotatable bonds is 4. The maximum Gasteiger partial charge on any atom is 0.146 e. The molecular weight excluding hydrogens is 238 g/mol. The van der Waals surface area contributed by atoms with Gasteiger partial charge < -0.3 is 5.32 Å². The highest BCUT2D eigenvalue weighted by molar-refractivity contribution is 5.52. The predicted molar refractivity (Wildman–Crippen MR) is 74.8 cm³/mol. The standard InChI is InChI=1S/C14H19N5/c1-4-15-12-9(2)14(19-8-7-16-10(19)3)18-13(17-12)11-5-6-11/h7-8,11H,4-6H2,1-3H3,(H,15,17,18). The lowest BCUT2D eigenvalue weighted by Gasteiger charge is -2.14. The van der Waals surface area contributed by atoms with Gasteiger partial charge in [-0.05, 0) is 33.6 Å². The van der Waals surface area contributed by atoms with Gasteiger partial charge in [0.15, 0.2) is 0 Å². The van der Waals surface area contributed by atoms with Crippen LogP contribution in [0.25, 0.3) is 5.82 Å². The van der Waals surface area contributed by atoms with Crippen molar-refractivity contribution >= 4 is 5.82 Å². The van der Waals surface area contributed by atoms with Gasteiger partial charge in [-0.15, -0.1) is 0 Å². The molecule has 0 spiro atoms. The molecule has 0 aromatic carbocycles. The number of nitrogens with one attached hydrogen (secondary N) is 1. The van der Waals surface area contributed by atoms with Gasteiger partial charge in [0.2, 0.25) is 0 Å². The molecule has 0 aliphatic heterocycles. The van der Waals surface area contributed by atoms with Gasteiger partial charge in [-0.1, -0.05) is 0 Å². The van der Waals surface area contributed by atoms with Crippen LogP contribution in [0.2, 0.25) is 0 Å². The van der Waals surface area contributed by atoms with Crippen LogP contribution in [0, 0.1) is 13.8 Å². The number of imidazole rings is 1. The van der Waals surface area contributed by atoms with E-state index in [1.165, 1.54) is 12.8 Å². The van der Waals surface area contributed by atoms with Crippen LogP contribution in [0.15, 0.2) is 12.4 Å². The van der Waals surface area contributed by atoms with Gasteiger partial charge in [0, 0.05) is 30.4 Å². The summed E-state index contributed by atoms with van der Waals surface area (Å²) in [5.74, 6) is 4.35. The second kappa shape index (κ2) is 4.64. The average molecular weight is 257 g/mol. The third-order valence-electron chi connectivity index (χ3n) is 3.48. The summed E-state index contributed by atoms with van der Waals surface area (Å²) in [6.07, 6.45) is 6.17. The molecule has 1 saturated carbocycles. The first-order valence-electron chi connectivity index (χ1n) is 6.83. The number of aryl methyl sites for hydroxylation is 1. The third kappa shape index (κ3) is 2.20. The van der Waals surface area contributed by atoms with Crippen LogP contribution in [0.5, 0.6) is 0 Å². The number of hydrogen-bond acceptors (Lipinski definition) is 4. The van der Waals surface area contributed by atoms with Crippen molar-refractivity contribution in [1.82, 2.24) is 19.5 Å². The molecule has 0 saturated heterocycles. The first-order valence-corrected chi connectivity index (χ1v) is 6.83. The first-order chi connectivity index (χ1) is 9.20. The molecule has 5 nitrogen and oxygen atoms in total. The zero-order valence-electron chi connectivity index (χ0n) is 11.6. The van der Waals surface area contributed by atoms with Gasteiger partial charge in [-0.25, -0.2) is 15.0 Å². The fourth-order valence-electron chi connectivity index (χ4n) is 2.22. The topological polar surface area (TPSA) is 55.6 Å². The van der Waals surface area contributed by atoms with Crippen LogP contribution in [-0.4, -0.2) is 26.1 Å². The van der Waals surface area contributed by atoms with Crippen molar-refractivity contribution in [3.63, 3.8) is 0 Å². The molecule has 5 heteroatoms. The Bertz CT molecular complexity index is 598. The Balaban J connectivity index is 2.13. The van der Waals surface area contributed by atoms with E-state index in [2.05, 4.69) is 29.1 Å². The molecule has 1 N–H and O–H groups in total. The summed E-state index contributed by atoms with van der Waals surface area (Å²) in [7, 11) is 0. The summed E-state index contributed by atoms with van der Waals surface area (Å²) in [5, 5.41) is 3.34. The van der Waals surface area contributed by atoms with Gasteiger partial charge in [0.1, 0.15) is 23.3 Å². The molecule has 2 heterocycles. The molecule has 0 atom stereocenters. The molecule has 19 heavy (non-hydrogen) atoms. The zero-order chi connectivity index (χ0) is 13.4. The highest BCUT2D eigenvalue weighted by atomic mass is 15.2. The molecule has 1 fully saturated rings. The lowest BCUT2D eigenvalue weighted by Crippen LogP contribution is -2.11. The minimum Gasteiger partial charge on any atom is -0.370 e. The highest BCUT2D eigenvalue weighted by Crippen LogP contribution is 2.39. The molecule has 0 bridgehead atoms. The second-order valence-corrected chi connectivity index (χ2v) is 5.03. The van der Waals surface area contributed by atoms with Gasteiger partial charge in [-0.3, -0.25) is 4.57 Å². The number of hydrogen-bond donors (Lipinski definition) is 1. The third-order valence-corrected chi connectivity index (χ3v) is 3.48. The summed E-state index contributed by atoms with van der Waals surface area (Å²) >= 11 is 0. The van der Waals surface area contributed by atoms with Gasteiger partial charge in [0.05, 0.1) is 0 Å². The maximum atomic E-state index is 4.75. The maximum absolute atomic E-state index is 4.75. The van der Waals surface area contributed by atoms with Crippen LogP contribution in [-0.2, 0) is 0 Å². The molecule has 0 radical (unpaired) electrons. The van der Waals surface area contributed by atoms with Gasteiger partial charge >= 0.3 is 0 Å². The normalized spacial score (nSPS) is 14.7. The largest absolute Gasteiger partial charge is 0.370 e. The van der Waals surface area contributed by atoms with Crippen molar-refractivity contribution in [3.05, 3.63) is 29.6 Å². The van der Waals surface area contributed by atoms with E-state index in [1.54, 1.807) is 6.20 Å². The highest BCUT2D eigenvalue weighted by Gasteiger charge is 2.28. The lowest BCUT2D eigenvalue weighted by molar-refractivity contribution is 0.847. The Morgan fingerprint density at radius 3 is 2.68 bits per heavy atom. The molecule has 0 amide bonds. The number of anilines is 1. The summed E-state index contributed by atoms with van der Waals surface area (Å²) < 4.78 is 2.03. The van der Waals surface area contributed by atoms with Crippen LogP contribution in [0.4, 0.5) is 5.82 Å². The van der Waals surface area contributed by atoms with Crippen LogP contribution < -0.4 is 5.32 Å². The SMILES string of the molecule is CCNc1nc(C2CC2)nc(-n2ccnc2C)c1C. The Morgan fingerprint density at radius 2 is 2.11 bits per heavy atom. The molecule has 100 valence electrons. The summed E-state index contributed by atoms with van der Waals surface area (Å²) in [6, 6.07) is 0. The number of aromatic nitrogens is 4. The molecule has 2 aromatic rings. The molecule has 2 aromatic heterocycles. The fraction of sp³-hybridized carbons (Fsp3) is 0.500. The van der Waals surface area contributed by atoms with Crippen LogP contribution in [0.3, 0.4) is 0 Å². The van der Waals surface area contributed by atoms with Crippen LogP contribution in [0.1, 0.15) is 42.9 Å². The minimum atomic E-state index is 0.542. The minimum absolute atomic E-state index is 0.542. The quantitative estimate of drug-likeness (QED) is 0.914. The average Bonchev–Trinajstić information content (AvgIpc) is 3.15. The molecule has 1 aliphatic rings. The molecular formula is C14H19N5. The Hall–Kier alpha value is -1.91. The second-order valence-electron chi connectivity index (χ2n) is 5.03. The van der Waals surface area contributed by atoms with E-state index in [-0.39, 0.29) is 0 Å².